The Labute approximate surface area is 89.1 Å². The Kier molecular flexibility index (Phi) is 4.85. The SMILES string of the molecule is C=C(C)CCC(Cl)(C(C)=O)C(=O)OC. The summed E-state index contributed by atoms with van der Waals surface area (Å²) in [6, 6.07) is 0. The van der Waals surface area contributed by atoms with Crippen molar-refractivity contribution in [1.29, 1.82) is 0 Å². The van der Waals surface area contributed by atoms with E-state index in [1.165, 1.54) is 14.0 Å². The summed E-state index contributed by atoms with van der Waals surface area (Å²) in [6.45, 7) is 6.77. The number of methoxy groups -OCH3 is 1. The Morgan fingerprint density at radius 1 is 1.43 bits per heavy atom. The first-order chi connectivity index (χ1) is 6.34. The lowest BCUT2D eigenvalue weighted by atomic mass is 9.96. The lowest BCUT2D eigenvalue weighted by Crippen LogP contribution is -2.40. The number of ketones is 1. The van der Waals surface area contributed by atoms with Gasteiger partial charge in [0.1, 0.15) is 0 Å². The maximum absolute atomic E-state index is 11.3. The standard InChI is InChI=1S/C10H15ClO3/c1-7(2)5-6-10(11,8(3)12)9(13)14-4/h1,5-6H2,2-4H3. The largest absolute Gasteiger partial charge is 0.467 e. The van der Waals surface area contributed by atoms with Gasteiger partial charge in [0.15, 0.2) is 10.7 Å². The molecule has 0 spiro atoms. The highest BCUT2D eigenvalue weighted by Gasteiger charge is 2.41. The number of esters is 1. The van der Waals surface area contributed by atoms with Gasteiger partial charge in [0.25, 0.3) is 0 Å². The number of hydrogen-bond acceptors (Lipinski definition) is 3. The van der Waals surface area contributed by atoms with E-state index in [-0.39, 0.29) is 6.42 Å². The van der Waals surface area contributed by atoms with Crippen LogP contribution in [0, 0.1) is 0 Å². The van der Waals surface area contributed by atoms with Crippen molar-refractivity contribution in [2.75, 3.05) is 7.11 Å². The highest BCUT2D eigenvalue weighted by molar-refractivity contribution is 6.45. The molecule has 0 aromatic heterocycles. The van der Waals surface area contributed by atoms with Gasteiger partial charge < -0.3 is 4.74 Å². The lowest BCUT2D eigenvalue weighted by molar-refractivity contribution is -0.147. The molecule has 0 N–H and O–H groups in total. The van der Waals surface area contributed by atoms with Crippen LogP contribution >= 0.6 is 11.6 Å². The third-order valence-corrected chi connectivity index (χ3v) is 2.57. The number of halogens is 1. The maximum Gasteiger partial charge on any atom is 0.334 e. The van der Waals surface area contributed by atoms with E-state index in [0.29, 0.717) is 6.42 Å². The molecule has 0 aliphatic rings. The fourth-order valence-electron chi connectivity index (χ4n) is 0.969. The summed E-state index contributed by atoms with van der Waals surface area (Å²) in [4.78, 5) is 21.0. The summed E-state index contributed by atoms with van der Waals surface area (Å²) in [5.74, 6) is -1.10. The van der Waals surface area contributed by atoms with E-state index in [2.05, 4.69) is 11.3 Å². The predicted molar refractivity (Wildman–Crippen MR) is 55.3 cm³/mol. The fraction of sp³-hybridized carbons (Fsp3) is 0.600. The van der Waals surface area contributed by atoms with Crippen LogP contribution in [-0.4, -0.2) is 23.7 Å². The van der Waals surface area contributed by atoms with Crippen LogP contribution in [0.5, 0.6) is 0 Å². The van der Waals surface area contributed by atoms with Gasteiger partial charge in [-0.2, -0.15) is 0 Å². The Morgan fingerprint density at radius 3 is 2.21 bits per heavy atom. The smallest absolute Gasteiger partial charge is 0.334 e. The first kappa shape index (κ1) is 13.2. The maximum atomic E-state index is 11.3. The van der Waals surface area contributed by atoms with E-state index in [0.717, 1.165) is 5.57 Å². The molecule has 0 saturated heterocycles. The average Bonchev–Trinajstić information content (AvgIpc) is 2.12. The van der Waals surface area contributed by atoms with Crippen molar-refractivity contribution in [1.82, 2.24) is 0 Å². The van der Waals surface area contributed by atoms with Crippen LogP contribution in [0.15, 0.2) is 12.2 Å². The minimum Gasteiger partial charge on any atom is -0.467 e. The van der Waals surface area contributed by atoms with Crippen LogP contribution in [0.1, 0.15) is 26.7 Å². The van der Waals surface area contributed by atoms with Crippen molar-refractivity contribution < 1.29 is 14.3 Å². The number of rotatable bonds is 5. The summed E-state index contributed by atoms with van der Waals surface area (Å²) in [6.07, 6.45) is 0.754. The molecule has 0 bridgehead atoms. The van der Waals surface area contributed by atoms with Crippen LogP contribution in [0.4, 0.5) is 0 Å². The van der Waals surface area contributed by atoms with E-state index in [1.54, 1.807) is 0 Å². The van der Waals surface area contributed by atoms with Gasteiger partial charge in [0, 0.05) is 0 Å². The molecule has 0 aromatic rings. The van der Waals surface area contributed by atoms with Gasteiger partial charge in [-0.25, -0.2) is 4.79 Å². The minimum absolute atomic E-state index is 0.228. The van der Waals surface area contributed by atoms with Gasteiger partial charge >= 0.3 is 5.97 Å². The topological polar surface area (TPSA) is 43.4 Å². The predicted octanol–water partition coefficient (Wildman–Crippen LogP) is 2.08. The van der Waals surface area contributed by atoms with Gasteiger partial charge in [-0.15, -0.1) is 6.58 Å². The van der Waals surface area contributed by atoms with Gasteiger partial charge in [0.2, 0.25) is 0 Å². The zero-order chi connectivity index (χ0) is 11.4. The van der Waals surface area contributed by atoms with E-state index >= 15 is 0 Å². The van der Waals surface area contributed by atoms with E-state index in [4.69, 9.17) is 11.6 Å². The second-order valence-corrected chi connectivity index (χ2v) is 3.95. The minimum atomic E-state index is -1.55. The monoisotopic (exact) mass is 218 g/mol. The molecule has 0 amide bonds. The number of ether oxygens (including phenoxy) is 1. The summed E-state index contributed by atoms with van der Waals surface area (Å²) in [5.41, 5.74) is 0.875. The van der Waals surface area contributed by atoms with Gasteiger partial charge in [-0.3, -0.25) is 4.79 Å². The quantitative estimate of drug-likeness (QED) is 0.307. The van der Waals surface area contributed by atoms with E-state index < -0.39 is 16.6 Å². The molecule has 14 heavy (non-hydrogen) atoms. The second-order valence-electron chi connectivity index (χ2n) is 3.31. The number of carbonyl (C=O) groups is 2. The van der Waals surface area contributed by atoms with Gasteiger partial charge in [-0.1, -0.05) is 17.2 Å². The molecular formula is C10H15ClO3. The van der Waals surface area contributed by atoms with Crippen molar-refractivity contribution in [3.8, 4) is 0 Å². The molecule has 3 nitrogen and oxygen atoms in total. The third kappa shape index (κ3) is 3.14. The molecule has 0 fully saturated rings. The second kappa shape index (κ2) is 5.15. The van der Waals surface area contributed by atoms with Crippen molar-refractivity contribution >= 4 is 23.4 Å². The first-order valence-corrected chi connectivity index (χ1v) is 4.65. The van der Waals surface area contributed by atoms with Crippen LogP contribution in [0.2, 0.25) is 0 Å². The Hall–Kier alpha value is -0.830. The van der Waals surface area contributed by atoms with Crippen LogP contribution in [0.3, 0.4) is 0 Å². The molecule has 0 radical (unpaired) electrons. The molecule has 0 rings (SSSR count). The van der Waals surface area contributed by atoms with Crippen molar-refractivity contribution in [3.05, 3.63) is 12.2 Å². The van der Waals surface area contributed by atoms with Crippen molar-refractivity contribution in [2.45, 2.75) is 31.6 Å². The van der Waals surface area contributed by atoms with E-state index in [1.807, 2.05) is 6.92 Å². The van der Waals surface area contributed by atoms with Crippen LogP contribution < -0.4 is 0 Å². The molecule has 0 heterocycles. The molecule has 0 aliphatic heterocycles. The Bertz CT molecular complexity index is 260. The number of Topliss-reactive ketones (excluding diaryl/α,β-unsaturated/α-hetero) is 1. The first-order valence-electron chi connectivity index (χ1n) is 4.27. The number of carbonyl (C=O) groups excluding carboxylic acids is 2. The molecule has 0 saturated carbocycles. The van der Waals surface area contributed by atoms with Crippen LogP contribution in [0.25, 0.3) is 0 Å². The van der Waals surface area contributed by atoms with Gasteiger partial charge in [0.05, 0.1) is 7.11 Å². The van der Waals surface area contributed by atoms with Gasteiger partial charge in [-0.05, 0) is 26.7 Å². The van der Waals surface area contributed by atoms with Crippen molar-refractivity contribution in [2.24, 2.45) is 0 Å². The molecule has 1 atom stereocenters. The highest BCUT2D eigenvalue weighted by Crippen LogP contribution is 2.26. The fourth-order valence-corrected chi connectivity index (χ4v) is 1.14. The summed E-state index contributed by atoms with van der Waals surface area (Å²) >= 11 is 5.90. The third-order valence-electron chi connectivity index (χ3n) is 1.96. The van der Waals surface area contributed by atoms with Crippen molar-refractivity contribution in [3.63, 3.8) is 0 Å². The summed E-state index contributed by atoms with van der Waals surface area (Å²) in [7, 11) is 1.21. The zero-order valence-corrected chi connectivity index (χ0v) is 9.48. The molecule has 0 aromatic carbocycles. The Morgan fingerprint density at radius 2 is 1.93 bits per heavy atom. The molecule has 0 aliphatic carbocycles. The number of alkyl halides is 1. The van der Waals surface area contributed by atoms with E-state index in [9.17, 15) is 9.59 Å². The molecular weight excluding hydrogens is 204 g/mol. The lowest BCUT2D eigenvalue weighted by Gasteiger charge is -2.20. The summed E-state index contributed by atoms with van der Waals surface area (Å²) < 4.78 is 4.49. The van der Waals surface area contributed by atoms with Crippen LogP contribution in [-0.2, 0) is 14.3 Å². The zero-order valence-electron chi connectivity index (χ0n) is 8.72. The normalized spacial score (nSPS) is 14.3. The summed E-state index contributed by atoms with van der Waals surface area (Å²) in [5, 5.41) is 0. The number of hydrogen-bond donors (Lipinski definition) is 0. The number of allylic oxidation sites excluding steroid dienone is 1. The highest BCUT2D eigenvalue weighted by atomic mass is 35.5. The Balaban J connectivity index is 4.64. The average molecular weight is 219 g/mol. The molecule has 1 unspecified atom stereocenters. The molecule has 80 valence electrons. The molecule has 4 heteroatoms.